The minimum absolute atomic E-state index is 0.0180. The Morgan fingerprint density at radius 3 is 2.16 bits per heavy atom. The molecule has 7 nitrogen and oxygen atoms in total. The average Bonchev–Trinajstić information content (AvgIpc) is 2.74. The summed E-state index contributed by atoms with van der Waals surface area (Å²) < 4.78 is 78.3. The van der Waals surface area contributed by atoms with E-state index in [2.05, 4.69) is 4.72 Å². The van der Waals surface area contributed by atoms with Crippen molar-refractivity contribution in [2.24, 2.45) is 0 Å². The molecule has 168 valence electrons. The number of nitrogens with one attached hydrogen (secondary N) is 1. The number of amides is 1. The molecule has 1 aliphatic rings. The number of carbonyl (C=O) groups excluding carboxylic acids is 1. The number of sulfone groups is 1. The van der Waals surface area contributed by atoms with E-state index in [-0.39, 0.29) is 40.7 Å². The number of likely N-dealkylation sites (tertiary alicyclic amines) is 1. The van der Waals surface area contributed by atoms with Crippen molar-refractivity contribution >= 4 is 37.4 Å². The molecular weight excluding hydrogens is 474 g/mol. The Labute approximate surface area is 184 Å². The fourth-order valence-electron chi connectivity index (χ4n) is 3.23. The number of hydrogen-bond donors (Lipinski definition) is 1. The van der Waals surface area contributed by atoms with E-state index >= 15 is 0 Å². The van der Waals surface area contributed by atoms with Gasteiger partial charge in [-0.25, -0.2) is 30.3 Å². The topological polar surface area (TPSA) is 101 Å². The van der Waals surface area contributed by atoms with Crippen LogP contribution in [0.1, 0.15) is 12.8 Å². The molecule has 12 heteroatoms. The number of piperidine rings is 1. The molecule has 0 radical (unpaired) electrons. The third-order valence-electron chi connectivity index (χ3n) is 4.99. The fraction of sp³-hybridized carbons (Fsp3) is 0.316. The van der Waals surface area contributed by atoms with Crippen LogP contribution in [0.3, 0.4) is 0 Å². The van der Waals surface area contributed by atoms with Gasteiger partial charge in [-0.1, -0.05) is 11.6 Å². The highest BCUT2D eigenvalue weighted by molar-refractivity contribution is 7.92. The van der Waals surface area contributed by atoms with Gasteiger partial charge in [0, 0.05) is 13.1 Å². The summed E-state index contributed by atoms with van der Waals surface area (Å²) in [7, 11) is -7.75. The molecule has 1 N–H and O–H groups in total. The minimum atomic E-state index is -4.08. The first kappa shape index (κ1) is 23.6. The maximum atomic E-state index is 13.2. The zero-order valence-corrected chi connectivity index (χ0v) is 18.5. The average molecular weight is 493 g/mol. The SMILES string of the molecule is O=C(CNS(=O)(=O)c1ccc(F)c(Cl)c1)N1CCC(S(=O)(=O)c2ccc(F)cc2)CC1. The number of hydrogen-bond acceptors (Lipinski definition) is 5. The standard InChI is InChI=1S/C19H19ClF2N2O5S2/c20-17-11-16(5-6-18(17)22)31(28,29)23-12-19(25)24-9-7-15(8-10-24)30(26,27)14-3-1-13(21)2-4-14/h1-6,11,15,23H,7-10,12H2. The molecule has 0 aromatic heterocycles. The number of carbonyl (C=O) groups is 1. The second-order valence-electron chi connectivity index (χ2n) is 6.98. The molecule has 2 aromatic carbocycles. The van der Waals surface area contributed by atoms with E-state index in [4.69, 9.17) is 11.6 Å². The number of benzene rings is 2. The molecule has 0 spiro atoms. The Hall–Kier alpha value is -2.08. The van der Waals surface area contributed by atoms with Crippen LogP contribution >= 0.6 is 11.6 Å². The van der Waals surface area contributed by atoms with Gasteiger partial charge in [0.15, 0.2) is 9.84 Å². The minimum Gasteiger partial charge on any atom is -0.341 e. The van der Waals surface area contributed by atoms with Gasteiger partial charge in [-0.2, -0.15) is 0 Å². The van der Waals surface area contributed by atoms with Crippen molar-refractivity contribution in [2.45, 2.75) is 27.9 Å². The number of nitrogens with zero attached hydrogens (tertiary/aromatic N) is 1. The highest BCUT2D eigenvalue weighted by Crippen LogP contribution is 2.25. The normalized spacial score (nSPS) is 15.8. The maximum absolute atomic E-state index is 13.2. The molecule has 0 aliphatic carbocycles. The van der Waals surface area contributed by atoms with Crippen LogP contribution in [0, 0.1) is 11.6 Å². The monoisotopic (exact) mass is 492 g/mol. The van der Waals surface area contributed by atoms with E-state index in [0.717, 1.165) is 30.3 Å². The highest BCUT2D eigenvalue weighted by atomic mass is 35.5. The second-order valence-corrected chi connectivity index (χ2v) is 11.4. The number of halogens is 3. The maximum Gasteiger partial charge on any atom is 0.241 e. The third kappa shape index (κ3) is 5.40. The zero-order chi connectivity index (χ0) is 22.8. The van der Waals surface area contributed by atoms with E-state index in [0.29, 0.717) is 0 Å². The second kappa shape index (κ2) is 9.19. The lowest BCUT2D eigenvalue weighted by Crippen LogP contribution is -2.46. The largest absolute Gasteiger partial charge is 0.341 e. The van der Waals surface area contributed by atoms with Gasteiger partial charge < -0.3 is 4.90 Å². The van der Waals surface area contributed by atoms with Gasteiger partial charge in [-0.15, -0.1) is 0 Å². The third-order valence-corrected chi connectivity index (χ3v) is 8.96. The molecule has 0 saturated carbocycles. The van der Waals surface area contributed by atoms with E-state index < -0.39 is 49.2 Å². The van der Waals surface area contributed by atoms with E-state index in [1.807, 2.05) is 0 Å². The van der Waals surface area contributed by atoms with Gasteiger partial charge in [0.25, 0.3) is 0 Å². The molecule has 1 fully saturated rings. The Morgan fingerprint density at radius 1 is 1.00 bits per heavy atom. The van der Waals surface area contributed by atoms with Gasteiger partial charge in [0.1, 0.15) is 11.6 Å². The molecule has 0 bridgehead atoms. The molecule has 0 unspecified atom stereocenters. The summed E-state index contributed by atoms with van der Waals surface area (Å²) in [5.41, 5.74) is 0. The van der Waals surface area contributed by atoms with Gasteiger partial charge >= 0.3 is 0 Å². The summed E-state index contributed by atoms with van der Waals surface area (Å²) in [6.07, 6.45) is 0.345. The van der Waals surface area contributed by atoms with Gasteiger partial charge in [0.2, 0.25) is 15.9 Å². The molecule has 1 heterocycles. The van der Waals surface area contributed by atoms with Crippen LogP contribution in [0.2, 0.25) is 5.02 Å². The Morgan fingerprint density at radius 2 is 1.58 bits per heavy atom. The van der Waals surface area contributed by atoms with Crippen molar-refractivity contribution in [1.29, 1.82) is 0 Å². The lowest BCUT2D eigenvalue weighted by atomic mass is 10.1. The molecule has 3 rings (SSSR count). The molecule has 1 amide bonds. The lowest BCUT2D eigenvalue weighted by molar-refractivity contribution is -0.130. The van der Waals surface area contributed by atoms with Gasteiger partial charge in [-0.3, -0.25) is 4.79 Å². The quantitative estimate of drug-likeness (QED) is 0.624. The summed E-state index contributed by atoms with van der Waals surface area (Å²) in [5, 5.41) is -1.08. The van der Waals surface area contributed by atoms with Crippen molar-refractivity contribution in [3.05, 3.63) is 59.1 Å². The van der Waals surface area contributed by atoms with E-state index in [9.17, 15) is 30.4 Å². The Kier molecular flexibility index (Phi) is 6.99. The van der Waals surface area contributed by atoms with E-state index in [1.165, 1.54) is 17.0 Å². The molecule has 1 saturated heterocycles. The van der Waals surface area contributed by atoms with Crippen LogP contribution in [0.15, 0.2) is 52.3 Å². The van der Waals surface area contributed by atoms with E-state index in [1.54, 1.807) is 0 Å². The van der Waals surface area contributed by atoms with Crippen LogP contribution < -0.4 is 4.72 Å². The predicted octanol–water partition coefficient (Wildman–Crippen LogP) is 2.36. The Balaban J connectivity index is 1.57. The van der Waals surface area contributed by atoms with Crippen molar-refractivity contribution < 1.29 is 30.4 Å². The van der Waals surface area contributed by atoms with Crippen molar-refractivity contribution in [1.82, 2.24) is 9.62 Å². The van der Waals surface area contributed by atoms with Gasteiger partial charge in [-0.05, 0) is 55.3 Å². The van der Waals surface area contributed by atoms with Crippen molar-refractivity contribution in [2.75, 3.05) is 19.6 Å². The Bertz CT molecular complexity index is 1180. The molecule has 2 aromatic rings. The van der Waals surface area contributed by atoms with Crippen LogP contribution in [-0.4, -0.2) is 52.5 Å². The molecule has 1 aliphatic heterocycles. The fourth-order valence-corrected chi connectivity index (χ4v) is 6.21. The first-order valence-corrected chi connectivity index (χ1v) is 12.6. The summed E-state index contributed by atoms with van der Waals surface area (Å²) in [6.45, 7) is -0.269. The van der Waals surface area contributed by atoms with Crippen LogP contribution in [0.4, 0.5) is 8.78 Å². The van der Waals surface area contributed by atoms with Gasteiger partial charge in [0.05, 0.1) is 26.6 Å². The summed E-state index contributed by atoms with van der Waals surface area (Å²) in [4.78, 5) is 13.5. The number of sulfonamides is 1. The highest BCUT2D eigenvalue weighted by Gasteiger charge is 2.33. The predicted molar refractivity (Wildman–Crippen MR) is 110 cm³/mol. The first-order valence-electron chi connectivity index (χ1n) is 9.22. The summed E-state index contributed by atoms with van der Waals surface area (Å²) in [6, 6.07) is 7.44. The van der Waals surface area contributed by atoms with Crippen LogP contribution in [0.25, 0.3) is 0 Å². The van der Waals surface area contributed by atoms with Crippen molar-refractivity contribution in [3.63, 3.8) is 0 Å². The lowest BCUT2D eigenvalue weighted by Gasteiger charge is -2.31. The smallest absolute Gasteiger partial charge is 0.241 e. The zero-order valence-electron chi connectivity index (χ0n) is 16.1. The van der Waals surface area contributed by atoms with Crippen LogP contribution in [0.5, 0.6) is 0 Å². The molecule has 31 heavy (non-hydrogen) atoms. The molecule has 0 atom stereocenters. The van der Waals surface area contributed by atoms with Crippen LogP contribution in [-0.2, 0) is 24.7 Å². The first-order chi connectivity index (χ1) is 14.5. The number of rotatable bonds is 6. The summed E-state index contributed by atoms with van der Waals surface area (Å²) in [5.74, 6) is -1.82. The summed E-state index contributed by atoms with van der Waals surface area (Å²) >= 11 is 5.60. The van der Waals surface area contributed by atoms with Crippen molar-refractivity contribution in [3.8, 4) is 0 Å². The molecular formula is C19H19ClF2N2O5S2.